The van der Waals surface area contributed by atoms with Gasteiger partial charge in [-0.3, -0.25) is 9.80 Å². The van der Waals surface area contributed by atoms with Crippen molar-refractivity contribution in [2.24, 2.45) is 0 Å². The molecule has 1 aliphatic rings. The maximum atomic E-state index is 11.0. The molecule has 1 fully saturated rings. The second kappa shape index (κ2) is 5.45. The normalized spacial score (nSPS) is 20.0. The Morgan fingerprint density at radius 1 is 1.20 bits per heavy atom. The van der Waals surface area contributed by atoms with Crippen LogP contribution in [0.2, 0.25) is 0 Å². The van der Waals surface area contributed by atoms with Crippen LogP contribution in [0.3, 0.4) is 0 Å². The first-order chi connectivity index (χ1) is 7.01. The molecule has 6 heteroatoms. The van der Waals surface area contributed by atoms with Crippen LogP contribution in [-0.4, -0.2) is 69.5 Å². The molecule has 0 amide bonds. The zero-order valence-electron chi connectivity index (χ0n) is 9.02. The number of hydrogen-bond donors (Lipinski definition) is 0. The van der Waals surface area contributed by atoms with Gasteiger partial charge in [-0.25, -0.2) is 8.42 Å². The van der Waals surface area contributed by atoms with Gasteiger partial charge in [0, 0.05) is 39.0 Å². The molecule has 0 N–H and O–H groups in total. The van der Waals surface area contributed by atoms with Gasteiger partial charge < -0.3 is 0 Å². The Morgan fingerprint density at radius 2 is 1.73 bits per heavy atom. The topological polar surface area (TPSA) is 64.4 Å². The van der Waals surface area contributed by atoms with E-state index in [1.54, 1.807) is 0 Å². The number of nitrogens with zero attached hydrogens (tertiary/aromatic N) is 3. The highest BCUT2D eigenvalue weighted by Gasteiger charge is 2.17. The van der Waals surface area contributed by atoms with Crippen LogP contribution in [0.4, 0.5) is 0 Å². The van der Waals surface area contributed by atoms with E-state index in [4.69, 9.17) is 5.26 Å². The predicted molar refractivity (Wildman–Crippen MR) is 58.2 cm³/mol. The first-order valence-electron chi connectivity index (χ1n) is 5.00. The Balaban J connectivity index is 2.24. The summed E-state index contributed by atoms with van der Waals surface area (Å²) in [5.41, 5.74) is 0. The largest absolute Gasteiger partial charge is 0.300 e. The van der Waals surface area contributed by atoms with E-state index in [1.165, 1.54) is 6.26 Å². The van der Waals surface area contributed by atoms with Crippen LogP contribution in [0.25, 0.3) is 0 Å². The average Bonchev–Trinajstić information content (AvgIpc) is 2.16. The Hall–Kier alpha value is -0.640. The molecule has 1 rings (SSSR count). The summed E-state index contributed by atoms with van der Waals surface area (Å²) in [6.45, 7) is 4.52. The number of hydrogen-bond acceptors (Lipinski definition) is 5. The third kappa shape index (κ3) is 5.11. The molecule has 0 saturated carbocycles. The molecule has 0 atom stereocenters. The zero-order valence-corrected chi connectivity index (χ0v) is 9.83. The van der Waals surface area contributed by atoms with Gasteiger partial charge in [0.15, 0.2) is 0 Å². The van der Waals surface area contributed by atoms with Crippen molar-refractivity contribution in [1.82, 2.24) is 9.80 Å². The average molecular weight is 231 g/mol. The molecule has 0 spiro atoms. The minimum atomic E-state index is -2.85. The maximum Gasteiger partial charge on any atom is 0.148 e. The van der Waals surface area contributed by atoms with E-state index in [0.29, 0.717) is 13.1 Å². The smallest absolute Gasteiger partial charge is 0.148 e. The monoisotopic (exact) mass is 231 g/mol. The Morgan fingerprint density at radius 3 is 2.20 bits per heavy atom. The molecule has 5 nitrogen and oxygen atoms in total. The maximum absolute atomic E-state index is 11.0. The van der Waals surface area contributed by atoms with Gasteiger partial charge in [-0.05, 0) is 0 Å². The van der Waals surface area contributed by atoms with E-state index in [1.807, 2.05) is 0 Å². The molecule has 0 aromatic carbocycles. The van der Waals surface area contributed by atoms with Gasteiger partial charge in [-0.2, -0.15) is 5.26 Å². The second-order valence-corrected chi connectivity index (χ2v) is 6.17. The first-order valence-corrected chi connectivity index (χ1v) is 7.07. The summed E-state index contributed by atoms with van der Waals surface area (Å²) in [7, 11) is -2.85. The fourth-order valence-corrected chi connectivity index (χ4v) is 2.16. The first kappa shape index (κ1) is 12.4. The van der Waals surface area contributed by atoms with Crippen molar-refractivity contribution in [3.8, 4) is 6.07 Å². The quantitative estimate of drug-likeness (QED) is 0.591. The standard InChI is InChI=1S/C9H17N3O2S/c1-15(13,14)9-8-12-6-4-11(3-2-10)5-7-12/h3-9H2,1H3. The van der Waals surface area contributed by atoms with Crippen LogP contribution in [0.1, 0.15) is 0 Å². The molecular formula is C9H17N3O2S. The third-order valence-electron chi connectivity index (χ3n) is 2.54. The number of nitriles is 1. The molecule has 0 unspecified atom stereocenters. The van der Waals surface area contributed by atoms with Crippen LogP contribution in [0.15, 0.2) is 0 Å². The van der Waals surface area contributed by atoms with Gasteiger partial charge in [0.25, 0.3) is 0 Å². The Kier molecular flexibility index (Phi) is 4.51. The number of rotatable bonds is 4. The van der Waals surface area contributed by atoms with Crippen molar-refractivity contribution in [3.63, 3.8) is 0 Å². The number of piperazine rings is 1. The summed E-state index contributed by atoms with van der Waals surface area (Å²) in [5, 5.41) is 8.51. The molecule has 15 heavy (non-hydrogen) atoms. The molecule has 1 aliphatic heterocycles. The molecule has 1 saturated heterocycles. The van der Waals surface area contributed by atoms with Crippen molar-refractivity contribution < 1.29 is 8.42 Å². The van der Waals surface area contributed by atoms with E-state index in [-0.39, 0.29) is 5.75 Å². The van der Waals surface area contributed by atoms with Gasteiger partial charge in [-0.1, -0.05) is 0 Å². The highest BCUT2D eigenvalue weighted by Crippen LogP contribution is 2.01. The van der Waals surface area contributed by atoms with Gasteiger partial charge in [-0.15, -0.1) is 0 Å². The van der Waals surface area contributed by atoms with E-state index < -0.39 is 9.84 Å². The van der Waals surface area contributed by atoms with Crippen molar-refractivity contribution >= 4 is 9.84 Å². The van der Waals surface area contributed by atoms with Crippen molar-refractivity contribution in [2.45, 2.75) is 0 Å². The summed E-state index contributed by atoms with van der Waals surface area (Å²) in [5.74, 6) is 0.227. The van der Waals surface area contributed by atoms with Gasteiger partial charge in [0.2, 0.25) is 0 Å². The molecule has 0 radical (unpaired) electrons. The van der Waals surface area contributed by atoms with Crippen LogP contribution in [0, 0.1) is 11.3 Å². The molecule has 86 valence electrons. The second-order valence-electron chi connectivity index (χ2n) is 3.91. The van der Waals surface area contributed by atoms with Crippen LogP contribution < -0.4 is 0 Å². The predicted octanol–water partition coefficient (Wildman–Crippen LogP) is -0.828. The van der Waals surface area contributed by atoms with Gasteiger partial charge in [0.05, 0.1) is 18.4 Å². The molecule has 0 aromatic rings. The van der Waals surface area contributed by atoms with Crippen molar-refractivity contribution in [1.29, 1.82) is 5.26 Å². The molecule has 0 aliphatic carbocycles. The van der Waals surface area contributed by atoms with E-state index in [0.717, 1.165) is 26.2 Å². The summed E-state index contributed by atoms with van der Waals surface area (Å²) in [4.78, 5) is 4.21. The number of sulfone groups is 1. The molecule has 1 heterocycles. The summed E-state index contributed by atoms with van der Waals surface area (Å²) < 4.78 is 21.9. The summed E-state index contributed by atoms with van der Waals surface area (Å²) in [6.07, 6.45) is 1.26. The third-order valence-corrected chi connectivity index (χ3v) is 3.46. The minimum absolute atomic E-state index is 0.227. The van der Waals surface area contributed by atoms with E-state index in [2.05, 4.69) is 15.9 Å². The Labute approximate surface area is 91.2 Å². The summed E-state index contributed by atoms with van der Waals surface area (Å²) >= 11 is 0. The highest BCUT2D eigenvalue weighted by molar-refractivity contribution is 7.90. The lowest BCUT2D eigenvalue weighted by molar-refractivity contribution is 0.150. The van der Waals surface area contributed by atoms with Gasteiger partial charge >= 0.3 is 0 Å². The fourth-order valence-electron chi connectivity index (χ4n) is 1.57. The minimum Gasteiger partial charge on any atom is -0.300 e. The van der Waals surface area contributed by atoms with Crippen molar-refractivity contribution in [2.75, 3.05) is 51.3 Å². The van der Waals surface area contributed by atoms with Crippen molar-refractivity contribution in [3.05, 3.63) is 0 Å². The molecule has 0 bridgehead atoms. The zero-order chi connectivity index (χ0) is 11.3. The SMILES string of the molecule is CS(=O)(=O)CCN1CCN(CC#N)CC1. The van der Waals surface area contributed by atoms with E-state index >= 15 is 0 Å². The lowest BCUT2D eigenvalue weighted by Gasteiger charge is -2.33. The summed E-state index contributed by atoms with van der Waals surface area (Å²) in [6, 6.07) is 2.12. The van der Waals surface area contributed by atoms with Gasteiger partial charge in [0.1, 0.15) is 9.84 Å². The van der Waals surface area contributed by atoms with Crippen LogP contribution >= 0.6 is 0 Å². The highest BCUT2D eigenvalue weighted by atomic mass is 32.2. The van der Waals surface area contributed by atoms with Crippen LogP contribution in [0.5, 0.6) is 0 Å². The van der Waals surface area contributed by atoms with E-state index in [9.17, 15) is 8.42 Å². The molecular weight excluding hydrogens is 214 g/mol. The Bertz CT molecular complexity index is 326. The fraction of sp³-hybridized carbons (Fsp3) is 0.889. The molecule has 0 aromatic heterocycles. The lowest BCUT2D eigenvalue weighted by atomic mass is 10.3. The van der Waals surface area contributed by atoms with Crippen LogP contribution in [-0.2, 0) is 9.84 Å². The lowest BCUT2D eigenvalue weighted by Crippen LogP contribution is -2.47.